The standard InChI is InChI=1S/C17H34N4OS/c1-17(2,3)23(22)12-10-19-16(18-4)20-14-9-11-21(13-14)15-7-5-6-8-15/h14-15H,5-13H2,1-4H3,(H2,18,19,20). The molecule has 0 aromatic rings. The molecule has 0 amide bonds. The maximum atomic E-state index is 12.1. The highest BCUT2D eigenvalue weighted by atomic mass is 32.2. The number of hydrogen-bond donors (Lipinski definition) is 2. The number of nitrogens with one attached hydrogen (secondary N) is 2. The summed E-state index contributed by atoms with van der Waals surface area (Å²) in [6, 6.07) is 1.29. The van der Waals surface area contributed by atoms with Crippen molar-refractivity contribution in [1.29, 1.82) is 0 Å². The van der Waals surface area contributed by atoms with E-state index in [9.17, 15) is 4.21 Å². The molecule has 1 heterocycles. The molecule has 0 spiro atoms. The van der Waals surface area contributed by atoms with Gasteiger partial charge < -0.3 is 10.6 Å². The number of guanidine groups is 1. The van der Waals surface area contributed by atoms with Gasteiger partial charge in [0.25, 0.3) is 0 Å². The van der Waals surface area contributed by atoms with Crippen molar-refractivity contribution in [2.75, 3.05) is 32.4 Å². The number of likely N-dealkylation sites (tertiary alicyclic amines) is 1. The van der Waals surface area contributed by atoms with Gasteiger partial charge in [0, 0.05) is 60.1 Å². The third-order valence-corrected chi connectivity index (χ3v) is 6.83. The summed E-state index contributed by atoms with van der Waals surface area (Å²) < 4.78 is 11.9. The van der Waals surface area contributed by atoms with Crippen molar-refractivity contribution in [1.82, 2.24) is 15.5 Å². The Morgan fingerprint density at radius 3 is 2.57 bits per heavy atom. The fourth-order valence-corrected chi connectivity index (χ4v) is 4.36. The quantitative estimate of drug-likeness (QED) is 0.590. The van der Waals surface area contributed by atoms with Gasteiger partial charge in [-0.05, 0) is 40.0 Å². The highest BCUT2D eigenvalue weighted by molar-refractivity contribution is 7.86. The zero-order valence-electron chi connectivity index (χ0n) is 15.2. The minimum Gasteiger partial charge on any atom is -0.355 e. The second kappa shape index (κ2) is 8.47. The van der Waals surface area contributed by atoms with Gasteiger partial charge in [-0.25, -0.2) is 0 Å². The predicted octanol–water partition coefficient (Wildman–Crippen LogP) is 1.72. The van der Waals surface area contributed by atoms with E-state index < -0.39 is 10.8 Å². The SMILES string of the molecule is CN=C(NCCS(=O)C(C)(C)C)NC1CCN(C2CCCC2)C1. The second-order valence-corrected chi connectivity index (χ2v) is 10.0. The molecule has 1 aliphatic carbocycles. The van der Waals surface area contributed by atoms with Crippen LogP contribution in [0.15, 0.2) is 4.99 Å². The van der Waals surface area contributed by atoms with E-state index in [0.717, 1.165) is 18.5 Å². The normalized spacial score (nSPS) is 25.7. The van der Waals surface area contributed by atoms with Crippen LogP contribution in [0.1, 0.15) is 52.9 Å². The van der Waals surface area contributed by atoms with Crippen LogP contribution in [0.2, 0.25) is 0 Å². The van der Waals surface area contributed by atoms with Crippen LogP contribution in [0.4, 0.5) is 0 Å². The smallest absolute Gasteiger partial charge is 0.191 e. The molecule has 1 aliphatic heterocycles. The Hall–Kier alpha value is -0.620. The molecule has 6 heteroatoms. The Bertz CT molecular complexity index is 427. The molecule has 23 heavy (non-hydrogen) atoms. The van der Waals surface area contributed by atoms with Gasteiger partial charge in [0.05, 0.1) is 0 Å². The van der Waals surface area contributed by atoms with Crippen molar-refractivity contribution >= 4 is 16.8 Å². The molecule has 2 N–H and O–H groups in total. The van der Waals surface area contributed by atoms with E-state index in [0.29, 0.717) is 18.3 Å². The lowest BCUT2D eigenvalue weighted by atomic mass is 10.2. The summed E-state index contributed by atoms with van der Waals surface area (Å²) in [6.45, 7) is 9.08. The Morgan fingerprint density at radius 2 is 1.96 bits per heavy atom. The van der Waals surface area contributed by atoms with Gasteiger partial charge >= 0.3 is 0 Å². The van der Waals surface area contributed by atoms with Crippen LogP contribution in [-0.4, -0.2) is 64.3 Å². The summed E-state index contributed by atoms with van der Waals surface area (Å²) in [5.41, 5.74) is 0. The zero-order valence-corrected chi connectivity index (χ0v) is 16.0. The maximum Gasteiger partial charge on any atom is 0.191 e. The molecule has 0 aromatic carbocycles. The molecule has 2 atom stereocenters. The van der Waals surface area contributed by atoms with Gasteiger partial charge in [0.1, 0.15) is 0 Å². The summed E-state index contributed by atoms with van der Waals surface area (Å²) in [7, 11) is 0.985. The van der Waals surface area contributed by atoms with Crippen LogP contribution < -0.4 is 10.6 Å². The van der Waals surface area contributed by atoms with Crippen LogP contribution in [0, 0.1) is 0 Å². The van der Waals surface area contributed by atoms with Gasteiger partial charge in [-0.2, -0.15) is 0 Å². The lowest BCUT2D eigenvalue weighted by Gasteiger charge is -2.24. The van der Waals surface area contributed by atoms with Crippen molar-refractivity contribution < 1.29 is 4.21 Å². The largest absolute Gasteiger partial charge is 0.355 e. The van der Waals surface area contributed by atoms with Gasteiger partial charge in [-0.1, -0.05) is 12.8 Å². The fourth-order valence-electron chi connectivity index (χ4n) is 3.46. The van der Waals surface area contributed by atoms with Crippen LogP contribution in [-0.2, 0) is 10.8 Å². The van der Waals surface area contributed by atoms with E-state index in [4.69, 9.17) is 0 Å². The Morgan fingerprint density at radius 1 is 1.26 bits per heavy atom. The zero-order chi connectivity index (χ0) is 16.9. The minimum atomic E-state index is -0.821. The average molecular weight is 343 g/mol. The maximum absolute atomic E-state index is 12.1. The summed E-state index contributed by atoms with van der Waals surface area (Å²) in [6.07, 6.45) is 6.72. The first-order valence-electron chi connectivity index (χ1n) is 9.00. The van der Waals surface area contributed by atoms with Gasteiger partial charge in [-0.15, -0.1) is 0 Å². The van der Waals surface area contributed by atoms with E-state index in [2.05, 4.69) is 20.5 Å². The Balaban J connectivity index is 1.70. The van der Waals surface area contributed by atoms with Crippen LogP contribution in [0.3, 0.4) is 0 Å². The van der Waals surface area contributed by atoms with E-state index in [1.54, 1.807) is 7.05 Å². The number of hydrogen-bond acceptors (Lipinski definition) is 3. The molecular weight excluding hydrogens is 308 g/mol. The summed E-state index contributed by atoms with van der Waals surface area (Å²) in [5.74, 6) is 1.50. The third-order valence-electron chi connectivity index (χ3n) is 4.89. The highest BCUT2D eigenvalue weighted by Gasteiger charge is 2.30. The van der Waals surface area contributed by atoms with Crippen molar-refractivity contribution in [2.45, 2.75) is 69.7 Å². The Labute approximate surface area is 144 Å². The minimum absolute atomic E-state index is 0.147. The molecule has 2 rings (SSSR count). The first kappa shape index (κ1) is 18.7. The molecule has 1 saturated heterocycles. The van der Waals surface area contributed by atoms with Gasteiger partial charge in [0.15, 0.2) is 5.96 Å². The topological polar surface area (TPSA) is 56.7 Å². The molecular formula is C17H34N4OS. The fraction of sp³-hybridized carbons (Fsp3) is 0.941. The van der Waals surface area contributed by atoms with Crippen LogP contribution in [0.5, 0.6) is 0 Å². The lowest BCUT2D eigenvalue weighted by Crippen LogP contribution is -2.46. The number of nitrogens with zero attached hydrogens (tertiary/aromatic N) is 2. The molecule has 0 bridgehead atoms. The van der Waals surface area contributed by atoms with Crippen LogP contribution in [0.25, 0.3) is 0 Å². The number of rotatable bonds is 5. The van der Waals surface area contributed by atoms with Crippen molar-refractivity contribution in [3.05, 3.63) is 0 Å². The van der Waals surface area contributed by atoms with Crippen molar-refractivity contribution in [3.8, 4) is 0 Å². The average Bonchev–Trinajstić information content (AvgIpc) is 3.15. The van der Waals surface area contributed by atoms with Gasteiger partial charge in [-0.3, -0.25) is 14.1 Å². The molecule has 2 aliphatic rings. The molecule has 1 saturated carbocycles. The predicted molar refractivity (Wildman–Crippen MR) is 99.5 cm³/mol. The lowest BCUT2D eigenvalue weighted by molar-refractivity contribution is 0.242. The molecule has 5 nitrogen and oxygen atoms in total. The first-order valence-corrected chi connectivity index (χ1v) is 10.3. The van der Waals surface area contributed by atoms with E-state index in [1.165, 1.54) is 38.6 Å². The van der Waals surface area contributed by atoms with Crippen molar-refractivity contribution in [3.63, 3.8) is 0 Å². The summed E-state index contributed by atoms with van der Waals surface area (Å²) in [5, 5.41) is 6.84. The highest BCUT2D eigenvalue weighted by Crippen LogP contribution is 2.26. The molecule has 0 radical (unpaired) electrons. The summed E-state index contributed by atoms with van der Waals surface area (Å²) in [4.78, 5) is 6.96. The van der Waals surface area contributed by atoms with Crippen molar-refractivity contribution in [2.24, 2.45) is 4.99 Å². The summed E-state index contributed by atoms with van der Waals surface area (Å²) >= 11 is 0. The monoisotopic (exact) mass is 342 g/mol. The van der Waals surface area contributed by atoms with E-state index >= 15 is 0 Å². The molecule has 2 unspecified atom stereocenters. The van der Waals surface area contributed by atoms with Gasteiger partial charge in [0.2, 0.25) is 0 Å². The molecule has 2 fully saturated rings. The Kier molecular flexibility index (Phi) is 6.89. The number of aliphatic imine (C=N–C) groups is 1. The molecule has 134 valence electrons. The molecule has 0 aromatic heterocycles. The third kappa shape index (κ3) is 5.75. The first-order chi connectivity index (χ1) is 10.9. The van der Waals surface area contributed by atoms with Crippen LogP contribution >= 0.6 is 0 Å². The van der Waals surface area contributed by atoms with E-state index in [1.807, 2.05) is 20.8 Å². The second-order valence-electron chi connectivity index (χ2n) is 7.72. The van der Waals surface area contributed by atoms with E-state index in [-0.39, 0.29) is 4.75 Å².